The second-order valence-corrected chi connectivity index (χ2v) is 8.37. The fourth-order valence-corrected chi connectivity index (χ4v) is 5.33. The van der Waals surface area contributed by atoms with E-state index in [9.17, 15) is 10.2 Å². The monoisotopic (exact) mass is 314 g/mol. The van der Waals surface area contributed by atoms with Gasteiger partial charge in [-0.05, 0) is 85.5 Å². The summed E-state index contributed by atoms with van der Waals surface area (Å²) in [6, 6.07) is 4.92. The first-order valence-electron chi connectivity index (χ1n) is 8.95. The largest absolute Gasteiger partial charge is 0.508 e. The van der Waals surface area contributed by atoms with Gasteiger partial charge in [0.1, 0.15) is 11.5 Å². The lowest BCUT2D eigenvalue weighted by atomic mass is 9.47. The Hall–Kier alpha value is -1.44. The molecule has 0 bridgehead atoms. The zero-order valence-electron chi connectivity index (χ0n) is 14.9. The molecule has 0 saturated heterocycles. The molecule has 0 spiro atoms. The number of hydrogen-bond acceptors (Lipinski definition) is 2. The second-order valence-electron chi connectivity index (χ2n) is 8.37. The van der Waals surface area contributed by atoms with Crippen LogP contribution in [0.5, 0.6) is 11.5 Å². The molecule has 1 saturated carbocycles. The molecule has 1 aromatic carbocycles. The van der Waals surface area contributed by atoms with Gasteiger partial charge in [0, 0.05) is 0 Å². The van der Waals surface area contributed by atoms with Gasteiger partial charge < -0.3 is 10.2 Å². The van der Waals surface area contributed by atoms with Crippen LogP contribution in [0.15, 0.2) is 29.8 Å². The lowest BCUT2D eigenvalue weighted by Gasteiger charge is -2.58. The Bertz CT molecular complexity index is 633. The molecule has 2 heteroatoms. The number of aromatic hydroxyl groups is 2. The molecule has 0 heterocycles. The molecule has 3 rings (SSSR count). The highest BCUT2D eigenvalue weighted by Gasteiger charge is 2.53. The maximum atomic E-state index is 10.3. The van der Waals surface area contributed by atoms with Gasteiger partial charge in [0.05, 0.1) is 0 Å². The highest BCUT2D eigenvalue weighted by atomic mass is 16.3. The number of allylic oxidation sites excluding steroid dienone is 2. The average Bonchev–Trinajstić information content (AvgIpc) is 2.50. The quantitative estimate of drug-likeness (QED) is 0.564. The summed E-state index contributed by atoms with van der Waals surface area (Å²) < 4.78 is 0. The molecule has 126 valence electrons. The molecule has 23 heavy (non-hydrogen) atoms. The fraction of sp³-hybridized carbons (Fsp3) is 0.619. The van der Waals surface area contributed by atoms with E-state index in [2.05, 4.69) is 33.8 Å². The highest BCUT2D eigenvalue weighted by Crippen LogP contribution is 2.61. The first kappa shape index (κ1) is 16.4. The molecule has 2 N–H and O–H groups in total. The van der Waals surface area contributed by atoms with Gasteiger partial charge in [-0.1, -0.05) is 32.4 Å². The summed E-state index contributed by atoms with van der Waals surface area (Å²) >= 11 is 0. The van der Waals surface area contributed by atoms with E-state index in [1.165, 1.54) is 25.7 Å². The minimum absolute atomic E-state index is 0.147. The fourth-order valence-electron chi connectivity index (χ4n) is 5.33. The Balaban J connectivity index is 2.00. The molecule has 2 unspecified atom stereocenters. The molecular weight excluding hydrogens is 284 g/mol. The van der Waals surface area contributed by atoms with Crippen LogP contribution in [-0.2, 0) is 6.42 Å². The number of phenols is 2. The maximum Gasteiger partial charge on any atom is 0.119 e. The van der Waals surface area contributed by atoms with Crippen LogP contribution in [0.4, 0.5) is 0 Å². The van der Waals surface area contributed by atoms with Crippen molar-refractivity contribution in [2.24, 2.45) is 22.7 Å². The number of benzene rings is 1. The van der Waals surface area contributed by atoms with Crippen LogP contribution >= 0.6 is 0 Å². The molecule has 0 aromatic heterocycles. The van der Waals surface area contributed by atoms with Gasteiger partial charge in [-0.3, -0.25) is 0 Å². The van der Waals surface area contributed by atoms with Gasteiger partial charge in [0.15, 0.2) is 0 Å². The Morgan fingerprint density at radius 1 is 1.17 bits per heavy atom. The van der Waals surface area contributed by atoms with E-state index in [1.54, 1.807) is 23.8 Å². The summed E-state index contributed by atoms with van der Waals surface area (Å²) in [5, 5.41) is 20.1. The second kappa shape index (κ2) is 5.58. The van der Waals surface area contributed by atoms with Crippen molar-refractivity contribution in [3.05, 3.63) is 35.4 Å². The summed E-state index contributed by atoms with van der Waals surface area (Å²) in [7, 11) is 0. The summed E-state index contributed by atoms with van der Waals surface area (Å²) in [5.41, 5.74) is 2.86. The Labute approximate surface area is 140 Å². The zero-order chi connectivity index (χ0) is 16.8. The maximum absolute atomic E-state index is 10.3. The third kappa shape index (κ3) is 2.56. The average molecular weight is 314 g/mol. The predicted octanol–water partition coefficient (Wildman–Crippen LogP) is 5.44. The molecular formula is C21H30O2. The predicted molar refractivity (Wildman–Crippen MR) is 94.6 cm³/mol. The summed E-state index contributed by atoms with van der Waals surface area (Å²) in [5.74, 6) is 1.80. The van der Waals surface area contributed by atoms with Crippen LogP contribution < -0.4 is 0 Å². The number of hydrogen-bond donors (Lipinski definition) is 2. The molecule has 1 fully saturated rings. The van der Waals surface area contributed by atoms with E-state index in [4.69, 9.17) is 0 Å². The molecule has 4 atom stereocenters. The molecule has 1 aromatic rings. The van der Waals surface area contributed by atoms with Crippen molar-refractivity contribution in [2.45, 2.75) is 59.8 Å². The van der Waals surface area contributed by atoms with Gasteiger partial charge in [-0.2, -0.15) is 0 Å². The number of rotatable bonds is 2. The summed E-state index contributed by atoms with van der Waals surface area (Å²) in [6.07, 6.45) is 8.16. The minimum atomic E-state index is 0.147. The highest BCUT2D eigenvalue weighted by molar-refractivity contribution is 5.39. The van der Waals surface area contributed by atoms with Crippen LogP contribution in [0, 0.1) is 22.7 Å². The van der Waals surface area contributed by atoms with Gasteiger partial charge in [0.25, 0.3) is 0 Å². The third-order valence-electron chi connectivity index (χ3n) is 7.23. The topological polar surface area (TPSA) is 40.5 Å². The number of fused-ring (bicyclic) bond motifs is 1. The van der Waals surface area contributed by atoms with Crippen molar-refractivity contribution < 1.29 is 10.2 Å². The number of phenolic OH excluding ortho intramolecular Hbond substituents is 2. The van der Waals surface area contributed by atoms with Gasteiger partial charge in [-0.25, -0.2) is 0 Å². The SMILES string of the molecule is CC1=CCCC2[C@](C)(Cc3cc(O)ccc3O)C(C)CC[C@]12C. The normalized spacial score (nSPS) is 37.1. The smallest absolute Gasteiger partial charge is 0.119 e. The van der Waals surface area contributed by atoms with Crippen LogP contribution in [0.2, 0.25) is 0 Å². The molecule has 2 aliphatic carbocycles. The molecule has 2 aliphatic rings. The first-order valence-corrected chi connectivity index (χ1v) is 8.95. The zero-order valence-corrected chi connectivity index (χ0v) is 14.9. The Morgan fingerprint density at radius 2 is 1.91 bits per heavy atom. The van der Waals surface area contributed by atoms with E-state index in [1.807, 2.05) is 0 Å². The Kier molecular flexibility index (Phi) is 3.98. The van der Waals surface area contributed by atoms with Crippen molar-refractivity contribution in [1.82, 2.24) is 0 Å². The lowest BCUT2D eigenvalue weighted by Crippen LogP contribution is -2.50. The van der Waals surface area contributed by atoms with E-state index in [-0.39, 0.29) is 16.6 Å². The van der Waals surface area contributed by atoms with Gasteiger partial charge >= 0.3 is 0 Å². The first-order chi connectivity index (χ1) is 10.8. The molecule has 0 amide bonds. The Morgan fingerprint density at radius 3 is 2.65 bits per heavy atom. The standard InChI is InChI=1S/C21H30O2/c1-14-6-5-7-19-20(14,3)11-10-15(2)21(19,4)13-16-12-17(22)8-9-18(16)23/h6,8-9,12,15,19,22-23H,5,7,10-11,13H2,1-4H3/t15?,19?,20-,21-/m1/s1. The van der Waals surface area contributed by atoms with E-state index < -0.39 is 0 Å². The minimum Gasteiger partial charge on any atom is -0.508 e. The van der Waals surface area contributed by atoms with Crippen molar-refractivity contribution in [2.75, 3.05) is 0 Å². The van der Waals surface area contributed by atoms with Crippen LogP contribution in [0.1, 0.15) is 58.9 Å². The van der Waals surface area contributed by atoms with Crippen molar-refractivity contribution in [1.29, 1.82) is 0 Å². The van der Waals surface area contributed by atoms with Gasteiger partial charge in [-0.15, -0.1) is 0 Å². The lowest BCUT2D eigenvalue weighted by molar-refractivity contribution is -0.0412. The summed E-state index contributed by atoms with van der Waals surface area (Å²) in [6.45, 7) is 9.51. The third-order valence-corrected chi connectivity index (χ3v) is 7.23. The van der Waals surface area contributed by atoms with Gasteiger partial charge in [0.2, 0.25) is 0 Å². The van der Waals surface area contributed by atoms with Crippen molar-refractivity contribution in [3.8, 4) is 11.5 Å². The van der Waals surface area contributed by atoms with Crippen LogP contribution in [0.3, 0.4) is 0 Å². The van der Waals surface area contributed by atoms with Crippen molar-refractivity contribution in [3.63, 3.8) is 0 Å². The molecule has 2 nitrogen and oxygen atoms in total. The van der Waals surface area contributed by atoms with Crippen molar-refractivity contribution >= 4 is 0 Å². The van der Waals surface area contributed by atoms with E-state index >= 15 is 0 Å². The summed E-state index contributed by atoms with van der Waals surface area (Å²) in [4.78, 5) is 0. The molecule has 0 radical (unpaired) electrons. The molecule has 0 aliphatic heterocycles. The van der Waals surface area contributed by atoms with Crippen LogP contribution in [-0.4, -0.2) is 10.2 Å². The van der Waals surface area contributed by atoms with E-state index in [0.717, 1.165) is 12.0 Å². The van der Waals surface area contributed by atoms with Crippen LogP contribution in [0.25, 0.3) is 0 Å². The van der Waals surface area contributed by atoms with E-state index in [0.29, 0.717) is 17.6 Å².